The molecule has 0 heterocycles. The first-order chi connectivity index (χ1) is 9.13. The standard InChI is InChI=1S/C14H19NO3S/c1-2-8-19-10-13(16)15-12(14(17)18)9-11-6-4-3-5-7-11/h3-7,12H,2,8-10H2,1H3,(H,15,16)(H,17,18). The second-order valence-electron chi connectivity index (χ2n) is 4.20. The van der Waals surface area contributed by atoms with Gasteiger partial charge in [0, 0.05) is 6.42 Å². The Balaban J connectivity index is 2.49. The molecule has 0 spiro atoms. The zero-order valence-electron chi connectivity index (χ0n) is 11.0. The molecular formula is C14H19NO3S. The van der Waals surface area contributed by atoms with Crippen LogP contribution in [0.1, 0.15) is 18.9 Å². The molecule has 0 bridgehead atoms. The Bertz CT molecular complexity index is 408. The van der Waals surface area contributed by atoms with Gasteiger partial charge in [0.15, 0.2) is 0 Å². The largest absolute Gasteiger partial charge is 0.480 e. The molecular weight excluding hydrogens is 262 g/mol. The summed E-state index contributed by atoms with van der Waals surface area (Å²) in [5.74, 6) is -0.00420. The van der Waals surface area contributed by atoms with Crippen molar-refractivity contribution in [2.75, 3.05) is 11.5 Å². The van der Waals surface area contributed by atoms with E-state index in [1.54, 1.807) is 0 Å². The van der Waals surface area contributed by atoms with Crippen molar-refractivity contribution in [3.63, 3.8) is 0 Å². The topological polar surface area (TPSA) is 66.4 Å². The van der Waals surface area contributed by atoms with Crippen molar-refractivity contribution in [3.05, 3.63) is 35.9 Å². The van der Waals surface area contributed by atoms with Gasteiger partial charge < -0.3 is 10.4 Å². The van der Waals surface area contributed by atoms with Gasteiger partial charge in [0.2, 0.25) is 5.91 Å². The number of carboxylic acids is 1. The van der Waals surface area contributed by atoms with Crippen LogP contribution in [0.4, 0.5) is 0 Å². The third-order valence-electron chi connectivity index (χ3n) is 2.50. The molecule has 1 atom stereocenters. The molecule has 1 aromatic carbocycles. The van der Waals surface area contributed by atoms with Crippen molar-refractivity contribution in [3.8, 4) is 0 Å². The van der Waals surface area contributed by atoms with E-state index in [-0.39, 0.29) is 5.91 Å². The molecule has 0 aliphatic carbocycles. The number of carbonyl (C=O) groups excluding carboxylic acids is 1. The van der Waals surface area contributed by atoms with Gasteiger partial charge >= 0.3 is 5.97 Å². The van der Waals surface area contributed by atoms with Gasteiger partial charge in [-0.2, -0.15) is 11.8 Å². The number of aliphatic carboxylic acids is 1. The van der Waals surface area contributed by atoms with E-state index < -0.39 is 12.0 Å². The number of benzene rings is 1. The van der Waals surface area contributed by atoms with E-state index in [1.807, 2.05) is 37.3 Å². The maximum Gasteiger partial charge on any atom is 0.326 e. The van der Waals surface area contributed by atoms with Crippen LogP contribution >= 0.6 is 11.8 Å². The molecule has 1 unspecified atom stereocenters. The fourth-order valence-corrected chi connectivity index (χ4v) is 2.30. The highest BCUT2D eigenvalue weighted by Gasteiger charge is 2.19. The van der Waals surface area contributed by atoms with Crippen molar-refractivity contribution >= 4 is 23.6 Å². The number of hydrogen-bond acceptors (Lipinski definition) is 3. The summed E-state index contributed by atoms with van der Waals surface area (Å²) in [5, 5.41) is 11.7. The summed E-state index contributed by atoms with van der Waals surface area (Å²) in [7, 11) is 0. The van der Waals surface area contributed by atoms with E-state index in [2.05, 4.69) is 5.32 Å². The second-order valence-corrected chi connectivity index (χ2v) is 5.31. The van der Waals surface area contributed by atoms with Crippen molar-refractivity contribution in [2.24, 2.45) is 0 Å². The van der Waals surface area contributed by atoms with Crippen molar-refractivity contribution < 1.29 is 14.7 Å². The van der Waals surface area contributed by atoms with Gasteiger partial charge in [0.25, 0.3) is 0 Å². The second kappa shape index (κ2) is 8.58. The molecule has 1 amide bonds. The van der Waals surface area contributed by atoms with Crippen LogP contribution in [0, 0.1) is 0 Å². The minimum Gasteiger partial charge on any atom is -0.480 e. The molecule has 1 aromatic rings. The van der Waals surface area contributed by atoms with Crippen LogP contribution in [0.2, 0.25) is 0 Å². The molecule has 19 heavy (non-hydrogen) atoms. The normalized spacial score (nSPS) is 11.8. The van der Waals surface area contributed by atoms with Crippen LogP contribution < -0.4 is 5.32 Å². The summed E-state index contributed by atoms with van der Waals surface area (Å²) in [6.45, 7) is 2.04. The summed E-state index contributed by atoms with van der Waals surface area (Å²) in [6.07, 6.45) is 1.31. The van der Waals surface area contributed by atoms with E-state index in [0.717, 1.165) is 17.7 Å². The van der Waals surface area contributed by atoms with Gasteiger partial charge in [-0.15, -0.1) is 0 Å². The molecule has 0 aliphatic heterocycles. The third-order valence-corrected chi connectivity index (χ3v) is 3.66. The van der Waals surface area contributed by atoms with Crippen molar-refractivity contribution in [1.29, 1.82) is 0 Å². The lowest BCUT2D eigenvalue weighted by Crippen LogP contribution is -2.43. The molecule has 0 radical (unpaired) electrons. The average molecular weight is 281 g/mol. The highest BCUT2D eigenvalue weighted by Crippen LogP contribution is 2.05. The first-order valence-electron chi connectivity index (χ1n) is 6.27. The number of carbonyl (C=O) groups is 2. The van der Waals surface area contributed by atoms with Crippen molar-refractivity contribution in [1.82, 2.24) is 5.32 Å². The van der Waals surface area contributed by atoms with Gasteiger partial charge in [-0.3, -0.25) is 4.79 Å². The molecule has 0 saturated heterocycles. The molecule has 1 rings (SSSR count). The summed E-state index contributed by atoms with van der Waals surface area (Å²) in [4.78, 5) is 22.8. The van der Waals surface area contributed by atoms with Crippen molar-refractivity contribution in [2.45, 2.75) is 25.8 Å². The van der Waals surface area contributed by atoms with E-state index in [4.69, 9.17) is 5.11 Å². The smallest absolute Gasteiger partial charge is 0.326 e. The van der Waals surface area contributed by atoms with Gasteiger partial charge in [-0.25, -0.2) is 4.79 Å². The zero-order chi connectivity index (χ0) is 14.1. The Hall–Kier alpha value is -1.49. The van der Waals surface area contributed by atoms with E-state index in [1.165, 1.54) is 11.8 Å². The van der Waals surface area contributed by atoms with Crippen LogP contribution in [0.5, 0.6) is 0 Å². The van der Waals surface area contributed by atoms with Gasteiger partial charge in [0.1, 0.15) is 6.04 Å². The minimum atomic E-state index is -1.00. The number of thioether (sulfide) groups is 1. The van der Waals surface area contributed by atoms with Gasteiger partial charge in [-0.1, -0.05) is 37.3 Å². The minimum absolute atomic E-state index is 0.221. The Kier molecular flexibility index (Phi) is 7.03. The predicted octanol–water partition coefficient (Wildman–Crippen LogP) is 1.94. The number of rotatable bonds is 8. The zero-order valence-corrected chi connectivity index (χ0v) is 11.8. The highest BCUT2D eigenvalue weighted by molar-refractivity contribution is 7.99. The molecule has 2 N–H and O–H groups in total. The Morgan fingerprint density at radius 1 is 1.32 bits per heavy atom. The van der Waals surface area contributed by atoms with Crippen LogP contribution in [-0.4, -0.2) is 34.5 Å². The van der Waals surface area contributed by atoms with Crippen LogP contribution in [0.3, 0.4) is 0 Å². The Labute approximate surface area is 117 Å². The highest BCUT2D eigenvalue weighted by atomic mass is 32.2. The Morgan fingerprint density at radius 3 is 2.58 bits per heavy atom. The summed E-state index contributed by atoms with van der Waals surface area (Å²) < 4.78 is 0. The molecule has 0 aromatic heterocycles. The quantitative estimate of drug-likeness (QED) is 0.715. The lowest BCUT2D eigenvalue weighted by molar-refractivity contribution is -0.141. The lowest BCUT2D eigenvalue weighted by Gasteiger charge is -2.14. The number of nitrogens with one attached hydrogen (secondary N) is 1. The molecule has 0 aliphatic rings. The average Bonchev–Trinajstić information content (AvgIpc) is 2.39. The fourth-order valence-electron chi connectivity index (χ4n) is 1.60. The maximum atomic E-state index is 11.6. The van der Waals surface area contributed by atoms with Gasteiger partial charge in [0.05, 0.1) is 5.75 Å². The third kappa shape index (κ3) is 6.29. The van der Waals surface area contributed by atoms with Crippen LogP contribution in [0.25, 0.3) is 0 Å². The number of amides is 1. The summed E-state index contributed by atoms with van der Waals surface area (Å²) >= 11 is 1.52. The van der Waals surface area contributed by atoms with Gasteiger partial charge in [-0.05, 0) is 17.7 Å². The Morgan fingerprint density at radius 2 is 2.00 bits per heavy atom. The first kappa shape index (κ1) is 15.6. The summed E-state index contributed by atoms with van der Waals surface area (Å²) in [6, 6.07) is 8.43. The fraction of sp³-hybridized carbons (Fsp3) is 0.429. The monoisotopic (exact) mass is 281 g/mol. The van der Waals surface area contributed by atoms with Crippen LogP contribution in [-0.2, 0) is 16.0 Å². The number of carboxylic acid groups (broad SMARTS) is 1. The molecule has 0 saturated carbocycles. The molecule has 104 valence electrons. The predicted molar refractivity (Wildman–Crippen MR) is 77.3 cm³/mol. The maximum absolute atomic E-state index is 11.6. The molecule has 0 fully saturated rings. The van der Waals surface area contributed by atoms with E-state index in [0.29, 0.717) is 12.2 Å². The first-order valence-corrected chi connectivity index (χ1v) is 7.42. The van der Waals surface area contributed by atoms with Crippen LogP contribution in [0.15, 0.2) is 30.3 Å². The van der Waals surface area contributed by atoms with E-state index in [9.17, 15) is 9.59 Å². The summed E-state index contributed by atoms with van der Waals surface area (Å²) in [5.41, 5.74) is 0.899. The van der Waals surface area contributed by atoms with E-state index >= 15 is 0 Å². The molecule has 4 nitrogen and oxygen atoms in total. The SMILES string of the molecule is CCCSCC(=O)NC(Cc1ccccc1)C(=O)O. The lowest BCUT2D eigenvalue weighted by atomic mass is 10.1. The number of hydrogen-bond donors (Lipinski definition) is 2. The molecule has 5 heteroatoms.